The van der Waals surface area contributed by atoms with Crippen molar-refractivity contribution in [2.24, 2.45) is 5.41 Å². The van der Waals surface area contributed by atoms with E-state index < -0.39 is 59.9 Å². The minimum absolute atomic E-state index is 0.0184. The van der Waals surface area contributed by atoms with Crippen LogP contribution in [0, 0.1) is 17.0 Å². The minimum atomic E-state index is -0.821. The monoisotopic (exact) mass is 772 g/mol. The van der Waals surface area contributed by atoms with Crippen molar-refractivity contribution in [3.8, 4) is 0 Å². The van der Waals surface area contributed by atoms with Gasteiger partial charge in [-0.05, 0) is 74.4 Å². The normalized spacial score (nSPS) is 19.5. The van der Waals surface area contributed by atoms with E-state index in [9.17, 15) is 18.0 Å². The van der Waals surface area contributed by atoms with Crippen LogP contribution in [0.5, 0.6) is 0 Å². The summed E-state index contributed by atoms with van der Waals surface area (Å²) < 4.78 is 69.8. The third-order valence-electron chi connectivity index (χ3n) is 10.7. The highest BCUT2D eigenvalue weighted by atomic mass is 19.1. The zero-order valence-corrected chi connectivity index (χ0v) is 32.8. The van der Waals surface area contributed by atoms with Crippen molar-refractivity contribution in [2.45, 2.75) is 103 Å². The number of amides is 1. The van der Waals surface area contributed by atoms with Crippen LogP contribution >= 0.6 is 0 Å². The summed E-state index contributed by atoms with van der Waals surface area (Å²) in [5, 5.41) is 0. The second-order valence-corrected chi connectivity index (χ2v) is 16.3. The van der Waals surface area contributed by atoms with Crippen molar-refractivity contribution in [3.63, 3.8) is 0 Å². The number of nitrogens with zero attached hydrogens (tertiary/aromatic N) is 2. The molecule has 0 radical (unpaired) electrons. The first-order valence-electron chi connectivity index (χ1n) is 19.7. The van der Waals surface area contributed by atoms with E-state index in [2.05, 4.69) is 4.90 Å². The molecule has 0 N–H and O–H groups in total. The van der Waals surface area contributed by atoms with Crippen LogP contribution in [0.1, 0.15) is 68.7 Å². The number of alkyl halides is 1. The molecule has 1 amide bonds. The molecule has 0 unspecified atom stereocenters. The van der Waals surface area contributed by atoms with Gasteiger partial charge in [-0.3, -0.25) is 14.2 Å². The highest BCUT2D eigenvalue weighted by Gasteiger charge is 2.45. The number of hydrogen-bond acceptors (Lipinski definition) is 6. The summed E-state index contributed by atoms with van der Waals surface area (Å²) in [6.07, 6.45) is 1.41. The van der Waals surface area contributed by atoms with Gasteiger partial charge in [-0.25, -0.2) is 13.6 Å². The Morgan fingerprint density at radius 2 is 1.39 bits per heavy atom. The Morgan fingerprint density at radius 1 is 0.839 bits per heavy atom. The molecule has 56 heavy (non-hydrogen) atoms. The third kappa shape index (κ3) is 11.7. The maximum absolute atomic E-state index is 14.9. The van der Waals surface area contributed by atoms with Crippen LogP contribution in [0.4, 0.5) is 18.0 Å². The number of carbonyl (C=O) groups is 1. The standard InChI is InChI=1S/C46H55F3N2O5/c1-45(2,3)56-44(52)51-29-42(55-33-46(32-47)21-13-14-22-46)53-31-41(51)43(54-30-36-19-11-6-12-20-36)40(25-37-23-38(48)26-39(49)24-37)50(27-34-15-7-4-8-16-34)28-35-17-9-5-10-18-35/h4-12,15-20,23-24,26,40-43H,13-14,21-22,25,27-33H2,1-3H3/t40-,41+,42-,43-/m0/s1. The van der Waals surface area contributed by atoms with Gasteiger partial charge in [0.15, 0.2) is 6.29 Å². The van der Waals surface area contributed by atoms with Crippen molar-refractivity contribution in [1.29, 1.82) is 0 Å². The molecule has 300 valence electrons. The smallest absolute Gasteiger partial charge is 0.410 e. The van der Waals surface area contributed by atoms with Crippen molar-refractivity contribution < 1.29 is 36.9 Å². The molecule has 0 spiro atoms. The molecule has 1 aliphatic heterocycles. The van der Waals surface area contributed by atoms with Gasteiger partial charge in [-0.1, -0.05) is 104 Å². The van der Waals surface area contributed by atoms with Gasteiger partial charge < -0.3 is 18.9 Å². The van der Waals surface area contributed by atoms with Gasteiger partial charge in [0.25, 0.3) is 0 Å². The van der Waals surface area contributed by atoms with Gasteiger partial charge in [0.2, 0.25) is 0 Å². The molecule has 2 fully saturated rings. The zero-order chi connectivity index (χ0) is 39.5. The Bertz CT molecular complexity index is 1740. The summed E-state index contributed by atoms with van der Waals surface area (Å²) in [6, 6.07) is 32.1. The number of halogens is 3. The van der Waals surface area contributed by atoms with Crippen LogP contribution in [0.2, 0.25) is 0 Å². The Balaban J connectivity index is 1.43. The van der Waals surface area contributed by atoms with Gasteiger partial charge in [0.05, 0.1) is 45.2 Å². The van der Waals surface area contributed by atoms with Gasteiger partial charge in [0, 0.05) is 30.6 Å². The number of ether oxygens (including phenoxy) is 4. The van der Waals surface area contributed by atoms with E-state index in [0.717, 1.165) is 48.4 Å². The third-order valence-corrected chi connectivity index (χ3v) is 10.7. The second kappa shape index (κ2) is 19.3. The summed E-state index contributed by atoms with van der Waals surface area (Å²) >= 11 is 0. The molecule has 1 saturated heterocycles. The predicted octanol–water partition coefficient (Wildman–Crippen LogP) is 9.67. The van der Waals surface area contributed by atoms with E-state index in [1.165, 1.54) is 12.1 Å². The molecule has 10 heteroatoms. The maximum Gasteiger partial charge on any atom is 0.410 e. The van der Waals surface area contributed by atoms with Gasteiger partial charge in [0.1, 0.15) is 17.2 Å². The second-order valence-electron chi connectivity index (χ2n) is 16.3. The highest BCUT2D eigenvalue weighted by Crippen LogP contribution is 2.39. The Morgan fingerprint density at radius 3 is 1.93 bits per heavy atom. The lowest BCUT2D eigenvalue weighted by molar-refractivity contribution is -0.221. The van der Waals surface area contributed by atoms with Crippen molar-refractivity contribution in [2.75, 3.05) is 26.4 Å². The molecule has 6 rings (SSSR count). The fourth-order valence-corrected chi connectivity index (χ4v) is 7.85. The quantitative estimate of drug-likeness (QED) is 0.113. The first-order chi connectivity index (χ1) is 27.0. The Hall–Kier alpha value is -4.22. The molecule has 1 heterocycles. The van der Waals surface area contributed by atoms with Gasteiger partial charge in [-0.2, -0.15) is 0 Å². The van der Waals surface area contributed by atoms with E-state index in [-0.39, 0.29) is 32.8 Å². The van der Waals surface area contributed by atoms with Crippen molar-refractivity contribution in [3.05, 3.63) is 143 Å². The summed E-state index contributed by atoms with van der Waals surface area (Å²) in [5.41, 5.74) is 2.06. The van der Waals surface area contributed by atoms with Crippen LogP contribution < -0.4 is 0 Å². The first-order valence-corrected chi connectivity index (χ1v) is 19.7. The first kappa shape index (κ1) is 41.4. The Labute approximate surface area is 329 Å². The van der Waals surface area contributed by atoms with Crippen LogP contribution in [0.15, 0.2) is 109 Å². The van der Waals surface area contributed by atoms with E-state index in [1.807, 2.05) is 112 Å². The number of benzene rings is 4. The minimum Gasteiger partial charge on any atom is -0.444 e. The topological polar surface area (TPSA) is 60.5 Å². The molecule has 4 atom stereocenters. The molecular weight excluding hydrogens is 718 g/mol. The summed E-state index contributed by atoms with van der Waals surface area (Å²) in [7, 11) is 0. The van der Waals surface area contributed by atoms with Gasteiger partial charge in [-0.15, -0.1) is 0 Å². The lowest BCUT2D eigenvalue weighted by Gasteiger charge is -2.47. The molecular formula is C46H55F3N2O5. The van der Waals surface area contributed by atoms with E-state index in [0.29, 0.717) is 18.7 Å². The average molecular weight is 773 g/mol. The molecule has 7 nitrogen and oxygen atoms in total. The molecule has 1 aliphatic carbocycles. The van der Waals surface area contributed by atoms with E-state index >= 15 is 0 Å². The number of carbonyl (C=O) groups excluding carboxylic acids is 1. The lowest BCUT2D eigenvalue weighted by atomic mass is 9.89. The van der Waals surface area contributed by atoms with E-state index in [1.54, 1.807) is 4.90 Å². The SMILES string of the molecule is CC(C)(C)OC(=O)N1C[C@H](OCC2(CF)CCCC2)OC[C@@H]1[C@@H](OCc1ccccc1)[C@H](Cc1cc(F)cc(F)c1)N(Cc1ccccc1)Cc1ccccc1. The number of hydrogen-bond donors (Lipinski definition) is 0. The molecule has 4 aromatic rings. The van der Waals surface area contributed by atoms with Crippen LogP contribution in [0.3, 0.4) is 0 Å². The molecule has 1 saturated carbocycles. The molecule has 0 aromatic heterocycles. The highest BCUT2D eigenvalue weighted by molar-refractivity contribution is 5.69. The molecule has 2 aliphatic rings. The van der Waals surface area contributed by atoms with Gasteiger partial charge >= 0.3 is 6.09 Å². The van der Waals surface area contributed by atoms with E-state index in [4.69, 9.17) is 18.9 Å². The molecule has 0 bridgehead atoms. The fourth-order valence-electron chi connectivity index (χ4n) is 7.85. The maximum atomic E-state index is 14.9. The van der Waals surface area contributed by atoms with Crippen LogP contribution in [0.25, 0.3) is 0 Å². The summed E-state index contributed by atoms with van der Waals surface area (Å²) in [5.74, 6) is -1.36. The number of morpholine rings is 1. The van der Waals surface area contributed by atoms with Crippen LogP contribution in [-0.4, -0.2) is 72.4 Å². The summed E-state index contributed by atoms with van der Waals surface area (Å²) in [6.45, 7) is 6.32. The van der Waals surface area contributed by atoms with Crippen molar-refractivity contribution >= 4 is 6.09 Å². The zero-order valence-electron chi connectivity index (χ0n) is 32.8. The fraction of sp³-hybridized carbons (Fsp3) is 0.457. The Kier molecular flexibility index (Phi) is 14.3. The predicted molar refractivity (Wildman–Crippen MR) is 210 cm³/mol. The van der Waals surface area contributed by atoms with Crippen LogP contribution in [-0.2, 0) is 45.1 Å². The average Bonchev–Trinajstić information content (AvgIpc) is 3.66. The molecule has 4 aromatic carbocycles. The number of rotatable bonds is 16. The van der Waals surface area contributed by atoms with Crippen molar-refractivity contribution in [1.82, 2.24) is 9.80 Å². The largest absolute Gasteiger partial charge is 0.444 e. The summed E-state index contributed by atoms with van der Waals surface area (Å²) in [4.78, 5) is 18.2. The lowest BCUT2D eigenvalue weighted by Crippen LogP contribution is -2.63.